The van der Waals surface area contributed by atoms with Crippen molar-refractivity contribution in [3.8, 4) is 0 Å². The Labute approximate surface area is 111 Å². The van der Waals surface area contributed by atoms with Crippen LogP contribution >= 0.6 is 0 Å². The summed E-state index contributed by atoms with van der Waals surface area (Å²) in [6.45, 7) is 1.34. The molecule has 0 aliphatic carbocycles. The van der Waals surface area contributed by atoms with Gasteiger partial charge in [0.25, 0.3) is 5.91 Å². The Bertz CT molecular complexity index is 498. The van der Waals surface area contributed by atoms with Gasteiger partial charge in [-0.3, -0.25) is 4.79 Å². The molecule has 0 saturated heterocycles. The van der Waals surface area contributed by atoms with Gasteiger partial charge in [0, 0.05) is 25.3 Å². The lowest BCUT2D eigenvalue weighted by Crippen LogP contribution is -2.25. The monoisotopic (exact) mass is 263 g/mol. The number of rotatable bonds is 5. The van der Waals surface area contributed by atoms with Gasteiger partial charge in [0.2, 0.25) is 0 Å². The van der Waals surface area contributed by atoms with Crippen LogP contribution in [0.25, 0.3) is 0 Å². The normalized spacial score (nSPS) is 13.6. The zero-order chi connectivity index (χ0) is 13.8. The molecule has 1 aliphatic rings. The largest absolute Gasteiger partial charge is 0.465 e. The van der Waals surface area contributed by atoms with Gasteiger partial charge in [-0.15, -0.1) is 0 Å². The van der Waals surface area contributed by atoms with Crippen LogP contribution in [0.3, 0.4) is 0 Å². The number of nitrogens with zero attached hydrogens (tertiary/aromatic N) is 1. The number of amides is 1. The Morgan fingerprint density at radius 1 is 1.42 bits per heavy atom. The lowest BCUT2D eigenvalue weighted by atomic mass is 10.1. The first-order valence-corrected chi connectivity index (χ1v) is 6.28. The van der Waals surface area contributed by atoms with E-state index in [1.165, 1.54) is 7.11 Å². The number of hydrogen-bond acceptors (Lipinski definition) is 4. The van der Waals surface area contributed by atoms with Crippen molar-refractivity contribution in [2.24, 2.45) is 0 Å². The predicted octanol–water partition coefficient (Wildman–Crippen LogP) is 1.20. The summed E-state index contributed by atoms with van der Waals surface area (Å²) < 4.78 is 4.65. The zero-order valence-corrected chi connectivity index (χ0v) is 10.9. The van der Waals surface area contributed by atoms with Gasteiger partial charge in [0.05, 0.1) is 12.7 Å². The van der Waals surface area contributed by atoms with Crippen molar-refractivity contribution < 1.29 is 19.4 Å². The highest BCUT2D eigenvalue weighted by molar-refractivity contribution is 6.01. The standard InChI is InChI=1S/C14H17NO4/c1-19-14(18)10-4-5-11-9-15(6-2-3-7-16)13(17)12(11)8-10/h4-5,8,16H,2-3,6-7,9H2,1H3. The molecular weight excluding hydrogens is 246 g/mol. The third-order valence-corrected chi connectivity index (χ3v) is 3.25. The molecule has 5 heteroatoms. The topological polar surface area (TPSA) is 66.8 Å². The average Bonchev–Trinajstić information content (AvgIpc) is 2.75. The van der Waals surface area contributed by atoms with E-state index in [0.717, 1.165) is 12.0 Å². The van der Waals surface area contributed by atoms with Crippen LogP contribution in [0, 0.1) is 0 Å². The molecule has 0 unspecified atom stereocenters. The summed E-state index contributed by atoms with van der Waals surface area (Å²) in [6.07, 6.45) is 1.47. The van der Waals surface area contributed by atoms with Crippen LogP contribution in [0.2, 0.25) is 0 Å². The summed E-state index contributed by atoms with van der Waals surface area (Å²) in [7, 11) is 1.32. The molecule has 102 valence electrons. The van der Waals surface area contributed by atoms with E-state index in [9.17, 15) is 9.59 Å². The molecule has 1 heterocycles. The number of unbranched alkanes of at least 4 members (excludes halogenated alkanes) is 1. The fourth-order valence-electron chi connectivity index (χ4n) is 2.20. The number of ether oxygens (including phenoxy) is 1. The number of fused-ring (bicyclic) bond motifs is 1. The van der Waals surface area contributed by atoms with E-state index in [1.54, 1.807) is 23.1 Å². The number of benzene rings is 1. The molecule has 2 rings (SSSR count). The van der Waals surface area contributed by atoms with Crippen LogP contribution in [0.4, 0.5) is 0 Å². The van der Waals surface area contributed by atoms with Crippen LogP contribution in [-0.4, -0.2) is 42.1 Å². The number of methoxy groups -OCH3 is 1. The van der Waals surface area contributed by atoms with Crippen LogP contribution in [-0.2, 0) is 11.3 Å². The zero-order valence-electron chi connectivity index (χ0n) is 10.9. The van der Waals surface area contributed by atoms with Gasteiger partial charge in [-0.25, -0.2) is 4.79 Å². The minimum Gasteiger partial charge on any atom is -0.465 e. The molecule has 0 bridgehead atoms. The highest BCUT2D eigenvalue weighted by Crippen LogP contribution is 2.24. The lowest BCUT2D eigenvalue weighted by molar-refractivity contribution is 0.0600. The molecule has 0 saturated carbocycles. The SMILES string of the molecule is COC(=O)c1ccc2c(c1)C(=O)N(CCCCO)C2. The fraction of sp³-hybridized carbons (Fsp3) is 0.429. The Morgan fingerprint density at radius 2 is 2.21 bits per heavy atom. The molecule has 1 amide bonds. The van der Waals surface area contributed by atoms with E-state index < -0.39 is 5.97 Å². The van der Waals surface area contributed by atoms with Crippen molar-refractivity contribution in [1.82, 2.24) is 4.90 Å². The molecule has 0 aromatic heterocycles. The average molecular weight is 263 g/mol. The minimum atomic E-state index is -0.436. The fourth-order valence-corrected chi connectivity index (χ4v) is 2.20. The van der Waals surface area contributed by atoms with Crippen molar-refractivity contribution in [1.29, 1.82) is 0 Å². The summed E-state index contributed by atoms with van der Waals surface area (Å²) in [5.41, 5.74) is 1.90. The Kier molecular flexibility index (Phi) is 4.16. The quantitative estimate of drug-likeness (QED) is 0.640. The van der Waals surface area contributed by atoms with E-state index in [1.807, 2.05) is 0 Å². The summed E-state index contributed by atoms with van der Waals surface area (Å²) in [6, 6.07) is 5.07. The third-order valence-electron chi connectivity index (χ3n) is 3.25. The second-order valence-electron chi connectivity index (χ2n) is 4.52. The predicted molar refractivity (Wildman–Crippen MR) is 68.8 cm³/mol. The van der Waals surface area contributed by atoms with Crippen LogP contribution in [0.1, 0.15) is 39.1 Å². The first kappa shape index (κ1) is 13.5. The van der Waals surface area contributed by atoms with Gasteiger partial charge >= 0.3 is 5.97 Å². The smallest absolute Gasteiger partial charge is 0.337 e. The molecule has 0 atom stereocenters. The number of carbonyl (C=O) groups excluding carboxylic acids is 2. The number of carbonyl (C=O) groups is 2. The maximum atomic E-state index is 12.2. The van der Waals surface area contributed by atoms with Gasteiger partial charge in [-0.1, -0.05) is 6.07 Å². The molecule has 1 N–H and O–H groups in total. The van der Waals surface area contributed by atoms with Crippen molar-refractivity contribution >= 4 is 11.9 Å². The van der Waals surface area contributed by atoms with Crippen molar-refractivity contribution in [2.75, 3.05) is 20.3 Å². The third kappa shape index (κ3) is 2.76. The molecule has 1 aromatic rings. The van der Waals surface area contributed by atoms with Crippen molar-refractivity contribution in [3.63, 3.8) is 0 Å². The summed E-state index contributed by atoms with van der Waals surface area (Å²) in [5.74, 6) is -0.493. The van der Waals surface area contributed by atoms with E-state index >= 15 is 0 Å². The summed E-state index contributed by atoms with van der Waals surface area (Å²) in [4.78, 5) is 25.3. The minimum absolute atomic E-state index is 0.0568. The maximum absolute atomic E-state index is 12.2. The van der Waals surface area contributed by atoms with Crippen molar-refractivity contribution in [2.45, 2.75) is 19.4 Å². The highest BCUT2D eigenvalue weighted by atomic mass is 16.5. The Hall–Kier alpha value is -1.88. The first-order valence-electron chi connectivity index (χ1n) is 6.28. The maximum Gasteiger partial charge on any atom is 0.337 e. The van der Waals surface area contributed by atoms with E-state index in [-0.39, 0.29) is 12.5 Å². The number of esters is 1. The second-order valence-corrected chi connectivity index (χ2v) is 4.52. The molecule has 19 heavy (non-hydrogen) atoms. The number of aliphatic hydroxyl groups excluding tert-OH is 1. The van der Waals surface area contributed by atoms with Gasteiger partial charge in [0.15, 0.2) is 0 Å². The Balaban J connectivity index is 2.12. The number of hydrogen-bond donors (Lipinski definition) is 1. The summed E-state index contributed by atoms with van der Waals surface area (Å²) >= 11 is 0. The molecule has 5 nitrogen and oxygen atoms in total. The molecule has 0 fully saturated rings. The second kappa shape index (κ2) is 5.84. The highest BCUT2D eigenvalue weighted by Gasteiger charge is 2.27. The van der Waals surface area contributed by atoms with Crippen LogP contribution in [0.15, 0.2) is 18.2 Å². The van der Waals surface area contributed by atoms with E-state index in [2.05, 4.69) is 4.74 Å². The van der Waals surface area contributed by atoms with Gasteiger partial charge in [0.1, 0.15) is 0 Å². The molecule has 0 spiro atoms. The molecule has 1 aliphatic heterocycles. The summed E-state index contributed by atoms with van der Waals surface area (Å²) in [5, 5.41) is 8.75. The van der Waals surface area contributed by atoms with Crippen molar-refractivity contribution in [3.05, 3.63) is 34.9 Å². The van der Waals surface area contributed by atoms with Crippen LogP contribution < -0.4 is 0 Å². The van der Waals surface area contributed by atoms with Gasteiger partial charge < -0.3 is 14.7 Å². The van der Waals surface area contributed by atoms with Gasteiger partial charge in [-0.2, -0.15) is 0 Å². The van der Waals surface area contributed by atoms with Gasteiger partial charge in [-0.05, 0) is 30.5 Å². The van der Waals surface area contributed by atoms with E-state index in [4.69, 9.17) is 5.11 Å². The molecule has 1 aromatic carbocycles. The number of aliphatic hydroxyl groups is 1. The van der Waals surface area contributed by atoms with E-state index in [0.29, 0.717) is 30.6 Å². The first-order chi connectivity index (χ1) is 9.17. The lowest BCUT2D eigenvalue weighted by Gasteiger charge is -2.14. The van der Waals surface area contributed by atoms with Crippen LogP contribution in [0.5, 0.6) is 0 Å². The molecule has 0 radical (unpaired) electrons. The Morgan fingerprint density at radius 3 is 2.89 bits per heavy atom. The molecular formula is C14H17NO4.